The molecule has 7 heteroatoms. The number of likely N-dealkylation sites (tertiary alicyclic amines) is 1. The number of hydrogen-bond acceptors (Lipinski definition) is 3. The van der Waals surface area contributed by atoms with Gasteiger partial charge in [0, 0.05) is 37.9 Å². The van der Waals surface area contributed by atoms with Crippen LogP contribution in [0, 0.1) is 5.82 Å². The summed E-state index contributed by atoms with van der Waals surface area (Å²) in [5.41, 5.74) is 0.499. The lowest BCUT2D eigenvalue weighted by atomic mass is 9.94. The van der Waals surface area contributed by atoms with E-state index in [4.69, 9.17) is 11.6 Å². The molecule has 1 saturated heterocycles. The minimum Gasteiger partial charge on any atom is -0.392 e. The highest BCUT2D eigenvalue weighted by Gasteiger charge is 2.27. The molecular formula is C19H27ClFN3O2. The first kappa shape index (κ1) is 19.4. The molecule has 1 atom stereocenters. The van der Waals surface area contributed by atoms with Crippen LogP contribution < -0.4 is 5.32 Å². The normalized spacial score (nSPS) is 21.7. The molecule has 1 aromatic carbocycles. The molecule has 0 bridgehead atoms. The molecule has 2 N–H and O–H groups in total. The van der Waals surface area contributed by atoms with Crippen molar-refractivity contribution in [2.45, 2.75) is 50.7 Å². The predicted octanol–water partition coefficient (Wildman–Crippen LogP) is 3.71. The molecule has 1 heterocycles. The van der Waals surface area contributed by atoms with E-state index >= 15 is 0 Å². The lowest BCUT2D eigenvalue weighted by Crippen LogP contribution is -2.47. The van der Waals surface area contributed by atoms with Crippen LogP contribution in [-0.2, 0) is 0 Å². The molecule has 2 amide bonds. The van der Waals surface area contributed by atoms with Crippen LogP contribution in [0.25, 0.3) is 0 Å². The molecule has 1 aliphatic carbocycles. The monoisotopic (exact) mass is 383 g/mol. The Labute approximate surface area is 159 Å². The van der Waals surface area contributed by atoms with Crippen molar-refractivity contribution in [2.24, 2.45) is 0 Å². The summed E-state index contributed by atoms with van der Waals surface area (Å²) in [5, 5.41) is 12.5. The number of nitrogens with zero attached hydrogens (tertiary/aromatic N) is 2. The number of anilines is 1. The first-order valence-corrected chi connectivity index (χ1v) is 9.84. The number of amides is 2. The second-order valence-corrected chi connectivity index (χ2v) is 7.69. The van der Waals surface area contributed by atoms with Crippen molar-refractivity contribution in [3.05, 3.63) is 29.0 Å². The summed E-state index contributed by atoms with van der Waals surface area (Å²) in [4.78, 5) is 17.0. The minimum atomic E-state index is -0.499. The van der Waals surface area contributed by atoms with E-state index in [1.54, 1.807) is 0 Å². The molecule has 26 heavy (non-hydrogen) atoms. The van der Waals surface area contributed by atoms with Gasteiger partial charge in [0.1, 0.15) is 5.82 Å². The van der Waals surface area contributed by atoms with E-state index in [2.05, 4.69) is 10.2 Å². The van der Waals surface area contributed by atoms with E-state index in [-0.39, 0.29) is 23.2 Å². The van der Waals surface area contributed by atoms with Crippen molar-refractivity contribution in [1.82, 2.24) is 9.80 Å². The summed E-state index contributed by atoms with van der Waals surface area (Å²) >= 11 is 5.82. The number of urea groups is 1. The number of aliphatic hydroxyl groups excluding tert-OH is 1. The summed E-state index contributed by atoms with van der Waals surface area (Å²) in [7, 11) is 0. The summed E-state index contributed by atoms with van der Waals surface area (Å²) in [6.45, 7) is 2.92. The molecule has 2 fully saturated rings. The van der Waals surface area contributed by atoms with Gasteiger partial charge in [0.2, 0.25) is 0 Å². The molecule has 5 nitrogen and oxygen atoms in total. The van der Waals surface area contributed by atoms with Crippen LogP contribution in [0.15, 0.2) is 18.2 Å². The maximum absolute atomic E-state index is 13.3. The molecule has 3 rings (SSSR count). The third kappa shape index (κ3) is 5.09. The fourth-order valence-corrected chi connectivity index (χ4v) is 4.06. The molecule has 1 aliphatic heterocycles. The highest BCUT2D eigenvalue weighted by molar-refractivity contribution is 6.31. The number of nitrogens with one attached hydrogen (secondary N) is 1. The van der Waals surface area contributed by atoms with Gasteiger partial charge < -0.3 is 15.3 Å². The second-order valence-electron chi connectivity index (χ2n) is 7.29. The van der Waals surface area contributed by atoms with Gasteiger partial charge in [0.15, 0.2) is 0 Å². The van der Waals surface area contributed by atoms with E-state index in [1.807, 2.05) is 4.90 Å². The van der Waals surface area contributed by atoms with Crippen molar-refractivity contribution in [3.63, 3.8) is 0 Å². The number of aliphatic hydroxyl groups is 1. The van der Waals surface area contributed by atoms with Crippen molar-refractivity contribution in [2.75, 3.05) is 31.5 Å². The van der Waals surface area contributed by atoms with Gasteiger partial charge in [-0.15, -0.1) is 0 Å². The van der Waals surface area contributed by atoms with Crippen LogP contribution in [0.3, 0.4) is 0 Å². The van der Waals surface area contributed by atoms with E-state index in [0.717, 1.165) is 45.2 Å². The molecule has 0 radical (unpaired) electrons. The molecule has 1 unspecified atom stereocenters. The fraction of sp³-hybridized carbons (Fsp3) is 0.632. The Morgan fingerprint density at radius 2 is 2.08 bits per heavy atom. The first-order chi connectivity index (χ1) is 12.5. The Morgan fingerprint density at radius 3 is 2.73 bits per heavy atom. The molecule has 1 aromatic rings. The molecule has 2 aliphatic rings. The van der Waals surface area contributed by atoms with E-state index in [1.165, 1.54) is 24.6 Å². The Morgan fingerprint density at radius 1 is 1.31 bits per heavy atom. The number of β-amino-alcohol motifs (C(OH)–C–C–N with tert-alkyl or cyclic N) is 1. The van der Waals surface area contributed by atoms with Crippen LogP contribution >= 0.6 is 11.6 Å². The maximum atomic E-state index is 13.3. The summed E-state index contributed by atoms with van der Waals surface area (Å²) in [5.74, 6) is -0.499. The topological polar surface area (TPSA) is 55.8 Å². The lowest BCUT2D eigenvalue weighted by Gasteiger charge is -2.35. The van der Waals surface area contributed by atoms with E-state index in [0.29, 0.717) is 18.8 Å². The maximum Gasteiger partial charge on any atom is 0.322 e. The summed E-state index contributed by atoms with van der Waals surface area (Å²) < 4.78 is 13.3. The molecule has 0 spiro atoms. The number of carbonyl (C=O) groups excluding carboxylic acids is 1. The van der Waals surface area contributed by atoms with E-state index in [9.17, 15) is 14.3 Å². The minimum absolute atomic E-state index is 0.00179. The van der Waals surface area contributed by atoms with Crippen molar-refractivity contribution < 1.29 is 14.3 Å². The Hall–Kier alpha value is -1.37. The second kappa shape index (κ2) is 9.02. The van der Waals surface area contributed by atoms with Crippen LogP contribution in [0.5, 0.6) is 0 Å². The molecular weight excluding hydrogens is 357 g/mol. The standard InChI is InChI=1S/C19H27ClFN3O2/c20-17-12-14(6-7-18(17)21)22-19(26)24(15-4-2-1-3-5-15)11-10-23-9-8-16(25)13-23/h6-7,12,15-16,25H,1-5,8-11,13H2,(H,22,26). The van der Waals surface area contributed by atoms with Gasteiger partial charge in [-0.2, -0.15) is 0 Å². The third-order valence-corrected chi connectivity index (χ3v) is 5.64. The Kier molecular flexibility index (Phi) is 6.73. The average Bonchev–Trinajstić information content (AvgIpc) is 3.04. The van der Waals surface area contributed by atoms with Crippen LogP contribution in [0.4, 0.5) is 14.9 Å². The Balaban J connectivity index is 1.64. The van der Waals surface area contributed by atoms with Gasteiger partial charge >= 0.3 is 6.03 Å². The highest BCUT2D eigenvalue weighted by Crippen LogP contribution is 2.25. The summed E-state index contributed by atoms with van der Waals surface area (Å²) in [6, 6.07) is 4.28. The molecule has 1 saturated carbocycles. The zero-order chi connectivity index (χ0) is 18.5. The first-order valence-electron chi connectivity index (χ1n) is 9.46. The van der Waals surface area contributed by atoms with Crippen LogP contribution in [-0.4, -0.2) is 59.3 Å². The van der Waals surface area contributed by atoms with Crippen molar-refractivity contribution in [3.8, 4) is 0 Å². The quantitative estimate of drug-likeness (QED) is 0.814. The van der Waals surface area contributed by atoms with Gasteiger partial charge in [-0.25, -0.2) is 9.18 Å². The van der Waals surface area contributed by atoms with Crippen molar-refractivity contribution >= 4 is 23.3 Å². The highest BCUT2D eigenvalue weighted by atomic mass is 35.5. The predicted molar refractivity (Wildman–Crippen MR) is 101 cm³/mol. The zero-order valence-corrected chi connectivity index (χ0v) is 15.7. The van der Waals surface area contributed by atoms with Gasteiger partial charge in [-0.3, -0.25) is 4.90 Å². The smallest absolute Gasteiger partial charge is 0.322 e. The lowest BCUT2D eigenvalue weighted by molar-refractivity contribution is 0.146. The zero-order valence-electron chi connectivity index (χ0n) is 15.0. The fourth-order valence-electron chi connectivity index (χ4n) is 3.88. The number of rotatable bonds is 5. The van der Waals surface area contributed by atoms with Crippen molar-refractivity contribution in [1.29, 1.82) is 0 Å². The number of benzene rings is 1. The Bertz CT molecular complexity index is 625. The van der Waals surface area contributed by atoms with Gasteiger partial charge in [0.25, 0.3) is 0 Å². The molecule has 144 valence electrons. The van der Waals surface area contributed by atoms with Crippen LogP contribution in [0.2, 0.25) is 5.02 Å². The van der Waals surface area contributed by atoms with Gasteiger partial charge in [0.05, 0.1) is 11.1 Å². The molecule has 0 aromatic heterocycles. The largest absolute Gasteiger partial charge is 0.392 e. The third-order valence-electron chi connectivity index (χ3n) is 5.35. The van der Waals surface area contributed by atoms with E-state index < -0.39 is 5.82 Å². The van der Waals surface area contributed by atoms with Gasteiger partial charge in [-0.05, 0) is 37.5 Å². The van der Waals surface area contributed by atoms with Crippen LogP contribution in [0.1, 0.15) is 38.5 Å². The van der Waals surface area contributed by atoms with Gasteiger partial charge in [-0.1, -0.05) is 30.9 Å². The average molecular weight is 384 g/mol. The number of halogens is 2. The number of hydrogen-bond donors (Lipinski definition) is 2. The number of carbonyl (C=O) groups is 1. The SMILES string of the molecule is O=C(Nc1ccc(F)c(Cl)c1)N(CCN1CCC(O)C1)C1CCCCC1. The summed E-state index contributed by atoms with van der Waals surface area (Å²) in [6.07, 6.45) is 6.06.